The van der Waals surface area contributed by atoms with Crippen LogP contribution in [0.5, 0.6) is 0 Å². The second-order valence-electron chi connectivity index (χ2n) is 9.02. The van der Waals surface area contributed by atoms with Gasteiger partial charge in [0.1, 0.15) is 17.5 Å². The van der Waals surface area contributed by atoms with Crippen LogP contribution >= 0.6 is 11.6 Å². The van der Waals surface area contributed by atoms with Crippen LogP contribution < -0.4 is 0 Å². The Morgan fingerprint density at radius 3 is 2.03 bits per heavy atom. The molecule has 6 heteroatoms. The molecule has 0 spiro atoms. The molecule has 1 aliphatic heterocycles. The molecule has 4 rings (SSSR count). The topological polar surface area (TPSA) is 23.5 Å². The number of hydrogen-bond donors (Lipinski definition) is 1. The van der Waals surface area contributed by atoms with Crippen molar-refractivity contribution in [3.63, 3.8) is 0 Å². The Morgan fingerprint density at radius 1 is 0.875 bits per heavy atom. The molecule has 32 heavy (non-hydrogen) atoms. The molecule has 1 aliphatic rings. The molecule has 1 fully saturated rings. The molecule has 168 valence electrons. The van der Waals surface area contributed by atoms with Crippen molar-refractivity contribution in [1.82, 2.24) is 4.90 Å². The van der Waals surface area contributed by atoms with E-state index in [1.165, 1.54) is 24.3 Å². The molecule has 0 radical (unpaired) electrons. The lowest BCUT2D eigenvalue weighted by molar-refractivity contribution is -0.0309. The maximum Gasteiger partial charge on any atom is 0.126 e. The summed E-state index contributed by atoms with van der Waals surface area (Å²) in [5, 5.41) is 11.5. The molecule has 3 aromatic carbocycles. The van der Waals surface area contributed by atoms with E-state index in [-0.39, 0.29) is 17.8 Å². The van der Waals surface area contributed by atoms with Gasteiger partial charge in [-0.05, 0) is 66.8 Å². The lowest BCUT2D eigenvalue weighted by atomic mass is 9.71. The summed E-state index contributed by atoms with van der Waals surface area (Å²) in [4.78, 5) is 2.19. The minimum absolute atomic E-state index is 0.0263. The number of hydrogen-bond acceptors (Lipinski definition) is 2. The lowest BCUT2D eigenvalue weighted by Crippen LogP contribution is -2.54. The molecular weight excluding hydrogens is 435 g/mol. The van der Waals surface area contributed by atoms with Crippen molar-refractivity contribution in [1.29, 1.82) is 0 Å². The predicted molar refractivity (Wildman–Crippen MR) is 120 cm³/mol. The molecule has 1 heterocycles. The zero-order valence-corrected chi connectivity index (χ0v) is 18.7. The first kappa shape index (κ1) is 22.8. The van der Waals surface area contributed by atoms with Crippen molar-refractivity contribution in [3.8, 4) is 0 Å². The second-order valence-corrected chi connectivity index (χ2v) is 9.43. The van der Waals surface area contributed by atoms with E-state index in [2.05, 4.69) is 4.90 Å². The first-order valence-electron chi connectivity index (χ1n) is 10.6. The van der Waals surface area contributed by atoms with E-state index in [1.807, 2.05) is 24.3 Å². The average molecular weight is 460 g/mol. The van der Waals surface area contributed by atoms with Gasteiger partial charge in [-0.1, -0.05) is 41.9 Å². The standard InChI is InChI=1S/C26H25ClF3NO/c1-26(2,32)24(17-11-20(29)13-21(30)12-17)18-14-31(15-18)25(16-7-9-19(28)10-8-16)22-5-3-4-6-23(22)27/h3-13,18,24-25,32H,14-15H2,1-2H3. The van der Waals surface area contributed by atoms with Crippen molar-refractivity contribution in [2.45, 2.75) is 31.4 Å². The van der Waals surface area contributed by atoms with Gasteiger partial charge in [0.15, 0.2) is 0 Å². The second kappa shape index (κ2) is 8.89. The summed E-state index contributed by atoms with van der Waals surface area (Å²) in [6.45, 7) is 4.49. The average Bonchev–Trinajstić information content (AvgIpc) is 2.67. The summed E-state index contributed by atoms with van der Waals surface area (Å²) in [6, 6.07) is 17.1. The van der Waals surface area contributed by atoms with Crippen LogP contribution in [0.1, 0.15) is 42.5 Å². The highest BCUT2D eigenvalue weighted by Crippen LogP contribution is 2.45. The van der Waals surface area contributed by atoms with E-state index in [9.17, 15) is 18.3 Å². The van der Waals surface area contributed by atoms with Crippen LogP contribution in [0.15, 0.2) is 66.7 Å². The number of rotatable bonds is 6. The van der Waals surface area contributed by atoms with Crippen LogP contribution in [0, 0.1) is 23.4 Å². The number of likely N-dealkylation sites (tertiary alicyclic amines) is 1. The smallest absolute Gasteiger partial charge is 0.126 e. The van der Waals surface area contributed by atoms with Crippen molar-refractivity contribution >= 4 is 11.6 Å². The number of halogens is 4. The number of aliphatic hydroxyl groups is 1. The van der Waals surface area contributed by atoms with Crippen LogP contribution in [0.25, 0.3) is 0 Å². The Balaban J connectivity index is 1.65. The van der Waals surface area contributed by atoms with Crippen molar-refractivity contribution in [2.75, 3.05) is 13.1 Å². The molecule has 0 aromatic heterocycles. The Hall–Kier alpha value is -2.34. The third-order valence-electron chi connectivity index (χ3n) is 6.17. The molecule has 0 bridgehead atoms. The van der Waals surface area contributed by atoms with Crippen LogP contribution in [-0.4, -0.2) is 28.7 Å². The van der Waals surface area contributed by atoms with E-state index in [0.717, 1.165) is 17.2 Å². The van der Waals surface area contributed by atoms with Crippen molar-refractivity contribution < 1.29 is 18.3 Å². The Kier molecular flexibility index (Phi) is 6.35. The van der Waals surface area contributed by atoms with E-state index < -0.39 is 23.2 Å². The van der Waals surface area contributed by atoms with Gasteiger partial charge in [-0.3, -0.25) is 4.90 Å². The quantitative estimate of drug-likeness (QED) is 0.465. The molecule has 0 aliphatic carbocycles. The fourth-order valence-corrected chi connectivity index (χ4v) is 5.15. The minimum Gasteiger partial charge on any atom is -0.390 e. The summed E-state index contributed by atoms with van der Waals surface area (Å²) >= 11 is 6.50. The molecule has 2 atom stereocenters. The molecule has 2 unspecified atom stereocenters. The van der Waals surface area contributed by atoms with E-state index in [1.54, 1.807) is 26.0 Å². The Morgan fingerprint density at radius 2 is 1.47 bits per heavy atom. The maximum atomic E-state index is 13.9. The van der Waals surface area contributed by atoms with Gasteiger partial charge in [-0.2, -0.15) is 0 Å². The fourth-order valence-electron chi connectivity index (χ4n) is 4.91. The molecule has 1 saturated heterocycles. The SMILES string of the molecule is CC(C)(O)C(c1cc(F)cc(F)c1)C1CN(C(c2ccc(F)cc2)c2ccccc2Cl)C1. The van der Waals surface area contributed by atoms with Crippen LogP contribution in [0.4, 0.5) is 13.2 Å². The third-order valence-corrected chi connectivity index (χ3v) is 6.51. The first-order valence-corrected chi connectivity index (χ1v) is 10.9. The fraction of sp³-hybridized carbons (Fsp3) is 0.308. The zero-order chi connectivity index (χ0) is 23.0. The van der Waals surface area contributed by atoms with Gasteiger partial charge >= 0.3 is 0 Å². The summed E-state index contributed by atoms with van der Waals surface area (Å²) < 4.78 is 41.4. The van der Waals surface area contributed by atoms with Gasteiger partial charge < -0.3 is 5.11 Å². The highest BCUT2D eigenvalue weighted by Gasteiger charge is 2.44. The molecule has 0 saturated carbocycles. The van der Waals surface area contributed by atoms with Crippen molar-refractivity contribution in [2.24, 2.45) is 5.92 Å². The monoisotopic (exact) mass is 459 g/mol. The summed E-state index contributed by atoms with van der Waals surface area (Å²) in [7, 11) is 0. The van der Waals surface area contributed by atoms with Gasteiger partial charge in [0.05, 0.1) is 11.6 Å². The highest BCUT2D eigenvalue weighted by molar-refractivity contribution is 6.31. The zero-order valence-electron chi connectivity index (χ0n) is 17.9. The summed E-state index contributed by atoms with van der Waals surface area (Å²) in [5.41, 5.74) is 1.06. The van der Waals surface area contributed by atoms with Gasteiger partial charge in [0.2, 0.25) is 0 Å². The van der Waals surface area contributed by atoms with Crippen LogP contribution in [-0.2, 0) is 0 Å². The molecule has 0 amide bonds. The number of nitrogens with zero attached hydrogens (tertiary/aromatic N) is 1. The van der Waals surface area contributed by atoms with Gasteiger partial charge in [-0.25, -0.2) is 13.2 Å². The molecule has 2 nitrogen and oxygen atoms in total. The summed E-state index contributed by atoms with van der Waals surface area (Å²) in [5.74, 6) is -2.12. The Labute approximate surface area is 191 Å². The minimum atomic E-state index is -1.17. The van der Waals surface area contributed by atoms with Gasteiger partial charge in [-0.15, -0.1) is 0 Å². The van der Waals surface area contributed by atoms with E-state index in [4.69, 9.17) is 11.6 Å². The van der Waals surface area contributed by atoms with Crippen molar-refractivity contribution in [3.05, 3.63) is 106 Å². The first-order chi connectivity index (χ1) is 15.1. The van der Waals surface area contributed by atoms with E-state index >= 15 is 0 Å². The normalized spacial score (nSPS) is 17.1. The molecule has 1 N–H and O–H groups in total. The van der Waals surface area contributed by atoms with Gasteiger partial charge in [0, 0.05) is 30.1 Å². The van der Waals surface area contributed by atoms with E-state index in [0.29, 0.717) is 23.7 Å². The highest BCUT2D eigenvalue weighted by atomic mass is 35.5. The molecular formula is C26H25ClF3NO. The molecule has 3 aromatic rings. The largest absolute Gasteiger partial charge is 0.390 e. The van der Waals surface area contributed by atoms with Gasteiger partial charge in [0.25, 0.3) is 0 Å². The maximum absolute atomic E-state index is 13.9. The predicted octanol–water partition coefficient (Wildman–Crippen LogP) is 6.33. The third kappa shape index (κ3) is 4.70. The Bertz CT molecular complexity index is 1070. The van der Waals surface area contributed by atoms with Crippen LogP contribution in [0.2, 0.25) is 5.02 Å². The summed E-state index contributed by atoms with van der Waals surface area (Å²) in [6.07, 6.45) is 0. The lowest BCUT2D eigenvalue weighted by Gasteiger charge is -2.50. The van der Waals surface area contributed by atoms with Crippen LogP contribution in [0.3, 0.4) is 0 Å². The number of benzene rings is 3.